The molecular formula is C10H10BrNO3. The number of Topliss-reactive ketones (excluding diaryl/α,β-unsaturated/α-hetero) is 1. The van der Waals surface area contributed by atoms with E-state index in [9.17, 15) is 14.9 Å². The number of nitrogens with zero attached hydrogens (tertiary/aromatic N) is 1. The largest absolute Gasteiger partial charge is 0.299 e. The van der Waals surface area contributed by atoms with Crippen LogP contribution in [0.4, 0.5) is 5.69 Å². The van der Waals surface area contributed by atoms with E-state index < -0.39 is 4.92 Å². The monoisotopic (exact) mass is 271 g/mol. The van der Waals surface area contributed by atoms with Crippen LogP contribution in [0.15, 0.2) is 22.7 Å². The van der Waals surface area contributed by atoms with Gasteiger partial charge in [-0.15, -0.1) is 0 Å². The molecule has 1 atom stereocenters. The number of carbonyl (C=O) groups excluding carboxylic acids is 1. The Morgan fingerprint density at radius 2 is 2.13 bits per heavy atom. The van der Waals surface area contributed by atoms with Gasteiger partial charge in [0, 0.05) is 22.5 Å². The molecule has 0 aliphatic heterocycles. The molecule has 0 saturated carbocycles. The van der Waals surface area contributed by atoms with Gasteiger partial charge in [-0.2, -0.15) is 0 Å². The number of carbonyl (C=O) groups is 1. The van der Waals surface area contributed by atoms with Crippen LogP contribution in [0.25, 0.3) is 0 Å². The van der Waals surface area contributed by atoms with Crippen LogP contribution in [0.2, 0.25) is 0 Å². The maximum Gasteiger partial charge on any atom is 0.270 e. The lowest BCUT2D eigenvalue weighted by Gasteiger charge is -2.09. The molecule has 0 bridgehead atoms. The van der Waals surface area contributed by atoms with Crippen LogP contribution in [0.1, 0.15) is 25.3 Å². The molecule has 0 spiro atoms. The molecule has 0 amide bonds. The molecule has 0 fully saturated rings. The van der Waals surface area contributed by atoms with Crippen LogP contribution in [0.5, 0.6) is 0 Å². The Kier molecular flexibility index (Phi) is 3.57. The summed E-state index contributed by atoms with van der Waals surface area (Å²) in [4.78, 5) is 21.2. The minimum absolute atomic E-state index is 0.0152. The molecule has 0 aromatic heterocycles. The maximum atomic E-state index is 11.2. The normalized spacial score (nSPS) is 12.2. The molecule has 80 valence electrons. The van der Waals surface area contributed by atoms with Crippen molar-refractivity contribution in [1.82, 2.24) is 0 Å². The summed E-state index contributed by atoms with van der Waals surface area (Å²) in [7, 11) is 0. The number of rotatable bonds is 3. The van der Waals surface area contributed by atoms with Gasteiger partial charge in [-0.3, -0.25) is 14.9 Å². The molecule has 0 radical (unpaired) electrons. The first-order chi connectivity index (χ1) is 6.93. The smallest absolute Gasteiger partial charge is 0.270 e. The first-order valence-corrected chi connectivity index (χ1v) is 5.17. The second-order valence-corrected chi connectivity index (χ2v) is 4.15. The van der Waals surface area contributed by atoms with Gasteiger partial charge in [0.2, 0.25) is 0 Å². The maximum absolute atomic E-state index is 11.2. The molecule has 5 heteroatoms. The Morgan fingerprint density at radius 3 is 2.53 bits per heavy atom. The van der Waals surface area contributed by atoms with Gasteiger partial charge in [-0.25, -0.2) is 0 Å². The summed E-state index contributed by atoms with van der Waals surface area (Å²) in [6, 6.07) is 4.42. The van der Waals surface area contributed by atoms with E-state index in [2.05, 4.69) is 15.9 Å². The molecule has 1 rings (SSSR count). The average Bonchev–Trinajstić information content (AvgIpc) is 2.16. The molecule has 0 aliphatic rings. The van der Waals surface area contributed by atoms with E-state index in [4.69, 9.17) is 0 Å². The van der Waals surface area contributed by atoms with Crippen LogP contribution in [0, 0.1) is 10.1 Å². The number of ketones is 1. The number of non-ortho nitro benzene ring substituents is 1. The Bertz CT molecular complexity index is 417. The van der Waals surface area contributed by atoms with E-state index in [0.717, 1.165) is 5.56 Å². The van der Waals surface area contributed by atoms with Crippen molar-refractivity contribution in [3.8, 4) is 0 Å². The standard InChI is InChI=1S/C10H10BrNO3/c1-6(7(2)13)9-4-3-8(12(14)15)5-10(9)11/h3-6H,1-2H3. The zero-order valence-electron chi connectivity index (χ0n) is 8.36. The molecule has 0 N–H and O–H groups in total. The Balaban J connectivity index is 3.13. The minimum Gasteiger partial charge on any atom is -0.299 e. The van der Waals surface area contributed by atoms with Gasteiger partial charge in [-0.05, 0) is 12.5 Å². The van der Waals surface area contributed by atoms with Gasteiger partial charge in [-0.1, -0.05) is 28.9 Å². The van der Waals surface area contributed by atoms with Crippen molar-refractivity contribution in [2.75, 3.05) is 0 Å². The van der Waals surface area contributed by atoms with Crippen molar-refractivity contribution >= 4 is 27.4 Å². The molecule has 1 aromatic rings. The Labute approximate surface area is 95.6 Å². The predicted octanol–water partition coefficient (Wildman–Crippen LogP) is 3.05. The zero-order valence-corrected chi connectivity index (χ0v) is 9.95. The number of benzene rings is 1. The molecule has 0 heterocycles. The van der Waals surface area contributed by atoms with Crippen molar-refractivity contribution in [1.29, 1.82) is 0 Å². The third-order valence-electron chi connectivity index (χ3n) is 2.27. The summed E-state index contributed by atoms with van der Waals surface area (Å²) < 4.78 is 0.597. The quantitative estimate of drug-likeness (QED) is 0.627. The van der Waals surface area contributed by atoms with Crippen molar-refractivity contribution < 1.29 is 9.72 Å². The summed E-state index contributed by atoms with van der Waals surface area (Å²) in [5.41, 5.74) is 0.787. The lowest BCUT2D eigenvalue weighted by Crippen LogP contribution is -2.05. The third-order valence-corrected chi connectivity index (χ3v) is 2.96. The first-order valence-electron chi connectivity index (χ1n) is 4.37. The lowest BCUT2D eigenvalue weighted by atomic mass is 9.97. The van der Waals surface area contributed by atoms with Crippen molar-refractivity contribution in [3.05, 3.63) is 38.3 Å². The highest BCUT2D eigenvalue weighted by Gasteiger charge is 2.16. The van der Waals surface area contributed by atoms with E-state index in [1.807, 2.05) is 0 Å². The van der Waals surface area contributed by atoms with Crippen LogP contribution in [-0.4, -0.2) is 10.7 Å². The van der Waals surface area contributed by atoms with Gasteiger partial charge >= 0.3 is 0 Å². The zero-order chi connectivity index (χ0) is 11.6. The predicted molar refractivity (Wildman–Crippen MR) is 59.9 cm³/mol. The summed E-state index contributed by atoms with van der Waals surface area (Å²) in [5.74, 6) is -0.218. The van der Waals surface area contributed by atoms with Crippen LogP contribution in [-0.2, 0) is 4.79 Å². The topological polar surface area (TPSA) is 60.2 Å². The average molecular weight is 272 g/mol. The third kappa shape index (κ3) is 2.62. The van der Waals surface area contributed by atoms with E-state index in [0.29, 0.717) is 4.47 Å². The number of hydrogen-bond acceptors (Lipinski definition) is 3. The van der Waals surface area contributed by atoms with Gasteiger partial charge in [0.15, 0.2) is 0 Å². The highest BCUT2D eigenvalue weighted by atomic mass is 79.9. The molecular weight excluding hydrogens is 262 g/mol. The summed E-state index contributed by atoms with van der Waals surface area (Å²) in [6.07, 6.45) is 0. The Hall–Kier alpha value is -1.23. The number of halogens is 1. The van der Waals surface area contributed by atoms with Crippen molar-refractivity contribution in [2.45, 2.75) is 19.8 Å². The SMILES string of the molecule is CC(=O)C(C)c1ccc([N+](=O)[O-])cc1Br. The summed E-state index contributed by atoms with van der Waals surface area (Å²) in [5, 5.41) is 10.5. The molecule has 0 saturated heterocycles. The van der Waals surface area contributed by atoms with Crippen molar-refractivity contribution in [3.63, 3.8) is 0 Å². The van der Waals surface area contributed by atoms with Crippen LogP contribution >= 0.6 is 15.9 Å². The summed E-state index contributed by atoms with van der Waals surface area (Å²) >= 11 is 3.23. The van der Waals surface area contributed by atoms with Crippen molar-refractivity contribution in [2.24, 2.45) is 0 Å². The second kappa shape index (κ2) is 4.53. The molecule has 1 unspecified atom stereocenters. The molecule has 15 heavy (non-hydrogen) atoms. The fourth-order valence-electron chi connectivity index (χ4n) is 1.20. The Morgan fingerprint density at radius 1 is 1.53 bits per heavy atom. The van der Waals surface area contributed by atoms with Gasteiger partial charge in [0.25, 0.3) is 5.69 Å². The molecule has 1 aromatic carbocycles. The highest BCUT2D eigenvalue weighted by molar-refractivity contribution is 9.10. The van der Waals surface area contributed by atoms with Gasteiger partial charge in [0.1, 0.15) is 5.78 Å². The number of nitro groups is 1. The number of nitro benzene ring substituents is 1. The van der Waals surface area contributed by atoms with E-state index >= 15 is 0 Å². The first kappa shape index (κ1) is 11.8. The minimum atomic E-state index is -0.465. The number of hydrogen-bond donors (Lipinski definition) is 0. The molecule has 0 aliphatic carbocycles. The van der Waals surface area contributed by atoms with E-state index in [1.54, 1.807) is 13.0 Å². The summed E-state index contributed by atoms with van der Waals surface area (Å²) in [6.45, 7) is 3.27. The van der Waals surface area contributed by atoms with E-state index in [-0.39, 0.29) is 17.4 Å². The molecule has 4 nitrogen and oxygen atoms in total. The van der Waals surface area contributed by atoms with Crippen LogP contribution < -0.4 is 0 Å². The van der Waals surface area contributed by atoms with Gasteiger partial charge in [0.05, 0.1) is 4.92 Å². The second-order valence-electron chi connectivity index (χ2n) is 3.30. The fourth-order valence-corrected chi connectivity index (χ4v) is 1.91. The van der Waals surface area contributed by atoms with E-state index in [1.165, 1.54) is 19.1 Å². The van der Waals surface area contributed by atoms with Gasteiger partial charge < -0.3 is 0 Å². The lowest BCUT2D eigenvalue weighted by molar-refractivity contribution is -0.384. The fraction of sp³-hybridized carbons (Fsp3) is 0.300. The highest BCUT2D eigenvalue weighted by Crippen LogP contribution is 2.29. The van der Waals surface area contributed by atoms with Crippen LogP contribution in [0.3, 0.4) is 0 Å².